The molecule has 0 bridgehead atoms. The molecule has 5 heteroatoms. The molecule has 5 nitrogen and oxygen atoms in total. The molecule has 0 radical (unpaired) electrons. The topological polar surface area (TPSA) is 64.8 Å². The van der Waals surface area contributed by atoms with E-state index in [4.69, 9.17) is 21.6 Å². The van der Waals surface area contributed by atoms with Crippen molar-refractivity contribution in [3.8, 4) is 23.8 Å². The number of nitrogens with zero attached hydrogens (tertiary/aromatic N) is 1. The van der Waals surface area contributed by atoms with Gasteiger partial charge in [0.25, 0.3) is 5.91 Å². The van der Waals surface area contributed by atoms with Crippen molar-refractivity contribution in [1.29, 1.82) is 0 Å². The summed E-state index contributed by atoms with van der Waals surface area (Å²) in [5.74, 6) is 3.73. The average Bonchev–Trinajstić information content (AvgIpc) is 2.60. The molecule has 1 heterocycles. The van der Waals surface area contributed by atoms with Crippen LogP contribution >= 0.6 is 0 Å². The van der Waals surface area contributed by atoms with Crippen molar-refractivity contribution in [1.82, 2.24) is 0 Å². The van der Waals surface area contributed by atoms with Crippen LogP contribution < -0.4 is 20.1 Å². The van der Waals surface area contributed by atoms with Crippen molar-refractivity contribution in [2.45, 2.75) is 12.5 Å². The van der Waals surface area contributed by atoms with Gasteiger partial charge in [-0.05, 0) is 35.9 Å². The number of nitrogens with two attached hydrogens (primary N) is 1. The second kappa shape index (κ2) is 6.55. The van der Waals surface area contributed by atoms with Gasteiger partial charge in [-0.25, -0.2) is 0 Å². The molecule has 0 saturated carbocycles. The fourth-order valence-corrected chi connectivity index (χ4v) is 2.70. The largest absolute Gasteiger partial charge is 0.497 e. The van der Waals surface area contributed by atoms with Crippen LogP contribution in [-0.4, -0.2) is 25.7 Å². The van der Waals surface area contributed by atoms with Gasteiger partial charge in [0.15, 0.2) is 6.10 Å². The van der Waals surface area contributed by atoms with E-state index in [9.17, 15) is 4.79 Å². The van der Waals surface area contributed by atoms with Gasteiger partial charge in [-0.15, -0.1) is 6.42 Å². The standard InChI is InChI=1S/C19H18N2O3/c1-3-10-21-16-12-14(20)6-9-17(16)24-18(19(21)22)11-13-4-7-15(23-2)8-5-13/h1,4-9,12,18H,10-11,20H2,2H3. The molecule has 0 aromatic heterocycles. The van der Waals surface area contributed by atoms with Crippen LogP contribution in [0.3, 0.4) is 0 Å². The number of terminal acetylenes is 1. The molecule has 0 saturated heterocycles. The Morgan fingerprint density at radius 1 is 1.29 bits per heavy atom. The lowest BCUT2D eigenvalue weighted by atomic mass is 10.0. The first-order chi connectivity index (χ1) is 11.6. The number of hydrogen-bond donors (Lipinski definition) is 1. The van der Waals surface area contributed by atoms with E-state index in [-0.39, 0.29) is 12.5 Å². The van der Waals surface area contributed by atoms with E-state index < -0.39 is 6.10 Å². The highest BCUT2D eigenvalue weighted by molar-refractivity contribution is 6.01. The Hall–Kier alpha value is -3.13. The Morgan fingerprint density at radius 2 is 2.04 bits per heavy atom. The fourth-order valence-electron chi connectivity index (χ4n) is 2.70. The molecule has 2 N–H and O–H groups in total. The van der Waals surface area contributed by atoms with Crippen molar-refractivity contribution in [2.75, 3.05) is 24.3 Å². The summed E-state index contributed by atoms with van der Waals surface area (Å²) in [4.78, 5) is 14.3. The summed E-state index contributed by atoms with van der Waals surface area (Å²) in [7, 11) is 1.61. The highest BCUT2D eigenvalue weighted by Crippen LogP contribution is 2.36. The lowest BCUT2D eigenvalue weighted by Gasteiger charge is -2.33. The highest BCUT2D eigenvalue weighted by Gasteiger charge is 2.34. The quantitative estimate of drug-likeness (QED) is 0.693. The summed E-state index contributed by atoms with van der Waals surface area (Å²) >= 11 is 0. The van der Waals surface area contributed by atoms with Crippen LogP contribution in [-0.2, 0) is 11.2 Å². The zero-order chi connectivity index (χ0) is 17.1. The van der Waals surface area contributed by atoms with Crippen LogP contribution in [0.5, 0.6) is 11.5 Å². The molecule has 0 fully saturated rings. The zero-order valence-corrected chi connectivity index (χ0v) is 13.4. The molecule has 0 aliphatic carbocycles. The summed E-state index contributed by atoms with van der Waals surface area (Å²) in [5.41, 5.74) is 7.97. The van der Waals surface area contributed by atoms with E-state index in [0.717, 1.165) is 11.3 Å². The van der Waals surface area contributed by atoms with Gasteiger partial charge >= 0.3 is 0 Å². The smallest absolute Gasteiger partial charge is 0.269 e. The van der Waals surface area contributed by atoms with Gasteiger partial charge < -0.3 is 15.2 Å². The molecule has 122 valence electrons. The van der Waals surface area contributed by atoms with Crippen molar-refractivity contribution in [2.24, 2.45) is 0 Å². The second-order valence-corrected chi connectivity index (χ2v) is 5.51. The first-order valence-corrected chi connectivity index (χ1v) is 7.56. The minimum absolute atomic E-state index is 0.165. The Labute approximate surface area is 141 Å². The molecule has 1 unspecified atom stereocenters. The summed E-state index contributed by atoms with van der Waals surface area (Å²) < 4.78 is 11.0. The van der Waals surface area contributed by atoms with E-state index in [1.807, 2.05) is 24.3 Å². The predicted molar refractivity (Wildman–Crippen MR) is 93.2 cm³/mol. The van der Waals surface area contributed by atoms with Crippen LogP contribution in [0.4, 0.5) is 11.4 Å². The molecular weight excluding hydrogens is 304 g/mol. The maximum absolute atomic E-state index is 12.8. The molecule has 1 amide bonds. The Balaban J connectivity index is 1.88. The Bertz CT molecular complexity index is 793. The molecule has 1 atom stereocenters. The molecular formula is C19H18N2O3. The SMILES string of the molecule is C#CCN1C(=O)C(Cc2ccc(OC)cc2)Oc2ccc(N)cc21. The third kappa shape index (κ3) is 2.99. The summed E-state index contributed by atoms with van der Waals surface area (Å²) in [5, 5.41) is 0. The molecule has 2 aromatic rings. The van der Waals surface area contributed by atoms with E-state index in [1.165, 1.54) is 0 Å². The molecule has 1 aliphatic rings. The summed E-state index contributed by atoms with van der Waals surface area (Å²) in [6, 6.07) is 12.8. The zero-order valence-electron chi connectivity index (χ0n) is 13.4. The summed E-state index contributed by atoms with van der Waals surface area (Å²) in [6.07, 6.45) is 5.25. The predicted octanol–water partition coefficient (Wildman–Crippen LogP) is 2.25. The third-order valence-corrected chi connectivity index (χ3v) is 3.91. The molecule has 24 heavy (non-hydrogen) atoms. The van der Waals surface area contributed by atoms with Gasteiger partial charge in [-0.2, -0.15) is 0 Å². The summed E-state index contributed by atoms with van der Waals surface area (Å²) in [6.45, 7) is 0.178. The molecule has 2 aromatic carbocycles. The van der Waals surface area contributed by atoms with Gasteiger partial charge in [0, 0.05) is 12.1 Å². The number of carbonyl (C=O) groups is 1. The van der Waals surface area contributed by atoms with Crippen LogP contribution in [0.25, 0.3) is 0 Å². The number of ether oxygens (including phenoxy) is 2. The lowest BCUT2D eigenvalue weighted by Crippen LogP contribution is -2.47. The van der Waals surface area contributed by atoms with Crippen molar-refractivity contribution < 1.29 is 14.3 Å². The number of hydrogen-bond acceptors (Lipinski definition) is 4. The normalized spacial score (nSPS) is 16.1. The average molecular weight is 322 g/mol. The van der Waals surface area contributed by atoms with Crippen LogP contribution in [0.2, 0.25) is 0 Å². The minimum Gasteiger partial charge on any atom is -0.497 e. The van der Waals surface area contributed by atoms with E-state index >= 15 is 0 Å². The molecule has 3 rings (SSSR count). The van der Waals surface area contributed by atoms with Crippen molar-refractivity contribution in [3.63, 3.8) is 0 Å². The maximum Gasteiger partial charge on any atom is 0.269 e. The van der Waals surface area contributed by atoms with E-state index in [1.54, 1.807) is 30.2 Å². The van der Waals surface area contributed by atoms with Gasteiger partial charge in [0.2, 0.25) is 0 Å². The van der Waals surface area contributed by atoms with Gasteiger partial charge in [0.1, 0.15) is 11.5 Å². The first-order valence-electron chi connectivity index (χ1n) is 7.56. The number of rotatable bonds is 4. The van der Waals surface area contributed by atoms with Crippen molar-refractivity contribution in [3.05, 3.63) is 48.0 Å². The van der Waals surface area contributed by atoms with E-state index in [2.05, 4.69) is 5.92 Å². The number of benzene rings is 2. The monoisotopic (exact) mass is 322 g/mol. The number of carbonyl (C=O) groups excluding carboxylic acids is 1. The minimum atomic E-state index is -0.622. The number of fused-ring (bicyclic) bond motifs is 1. The lowest BCUT2D eigenvalue weighted by molar-refractivity contribution is -0.126. The number of amides is 1. The van der Waals surface area contributed by atoms with E-state index in [0.29, 0.717) is 23.5 Å². The van der Waals surface area contributed by atoms with Gasteiger partial charge in [0.05, 0.1) is 19.3 Å². The molecule has 1 aliphatic heterocycles. The van der Waals surface area contributed by atoms with Crippen LogP contribution in [0.15, 0.2) is 42.5 Å². The number of anilines is 2. The van der Waals surface area contributed by atoms with Crippen LogP contribution in [0.1, 0.15) is 5.56 Å². The highest BCUT2D eigenvalue weighted by atomic mass is 16.5. The van der Waals surface area contributed by atoms with Crippen molar-refractivity contribution >= 4 is 17.3 Å². The Kier molecular flexibility index (Phi) is 4.30. The number of nitrogen functional groups attached to an aromatic ring is 1. The Morgan fingerprint density at radius 3 is 2.71 bits per heavy atom. The fraction of sp³-hybridized carbons (Fsp3) is 0.211. The third-order valence-electron chi connectivity index (χ3n) is 3.91. The first kappa shape index (κ1) is 15.8. The maximum atomic E-state index is 12.8. The van der Waals surface area contributed by atoms with Gasteiger partial charge in [-0.1, -0.05) is 18.1 Å². The molecule has 0 spiro atoms. The van der Waals surface area contributed by atoms with Crippen LogP contribution in [0, 0.1) is 12.3 Å². The van der Waals surface area contributed by atoms with Gasteiger partial charge in [-0.3, -0.25) is 9.69 Å². The number of methoxy groups -OCH3 is 1. The second-order valence-electron chi connectivity index (χ2n) is 5.51.